The summed E-state index contributed by atoms with van der Waals surface area (Å²) >= 11 is 6.93. The Labute approximate surface area is 769 Å². The number of rotatable bonds is 16. The van der Waals surface area contributed by atoms with Crippen LogP contribution in [0.4, 0.5) is 19.2 Å². The van der Waals surface area contributed by atoms with Crippen molar-refractivity contribution in [2.45, 2.75) is 264 Å². The summed E-state index contributed by atoms with van der Waals surface area (Å²) in [6, 6.07) is 30.9. The Morgan fingerprint density at radius 3 is 1.12 bits per heavy atom. The lowest BCUT2D eigenvalue weighted by atomic mass is 9.49. The number of aliphatic imine (C=N–C) groups is 3. The zero-order valence-electron chi connectivity index (χ0n) is 77.5. The van der Waals surface area contributed by atoms with Gasteiger partial charge < -0.3 is 81.9 Å². The minimum absolute atomic E-state index is 0.0593. The van der Waals surface area contributed by atoms with Gasteiger partial charge in [-0.3, -0.25) is 34.4 Å². The number of carbonyl (C=O) groups excluding carboxylic acids is 6. The molecule has 688 valence electrons. The van der Waals surface area contributed by atoms with Crippen LogP contribution in [0.3, 0.4) is 0 Å². The molecule has 1 aromatic heterocycles. The van der Waals surface area contributed by atoms with Crippen molar-refractivity contribution < 1.29 is 85.3 Å². The van der Waals surface area contributed by atoms with Gasteiger partial charge in [-0.25, -0.2) is 24.2 Å². The molecular weight excluding hydrogens is 1760 g/mol. The van der Waals surface area contributed by atoms with Crippen molar-refractivity contribution in [3.63, 3.8) is 0 Å². The number of benzene rings is 4. The van der Waals surface area contributed by atoms with Crippen LogP contribution in [0.15, 0.2) is 146 Å². The second-order valence-electron chi connectivity index (χ2n) is 38.9. The van der Waals surface area contributed by atoms with Gasteiger partial charge in [0.25, 0.3) is 0 Å². The van der Waals surface area contributed by atoms with E-state index < -0.39 is 61.1 Å². The maximum Gasteiger partial charge on any atom is 0.488 e. The molecule has 29 nitrogen and oxygen atoms in total. The molecule has 0 radical (unpaired) electrons. The molecule has 4 aromatic carbocycles. The molecule has 16 rings (SSSR count). The van der Waals surface area contributed by atoms with Gasteiger partial charge in [-0.1, -0.05) is 132 Å². The third kappa shape index (κ3) is 22.5. The van der Waals surface area contributed by atoms with Gasteiger partial charge in [0, 0.05) is 89.9 Å². The van der Waals surface area contributed by atoms with Gasteiger partial charge >= 0.3 is 38.4 Å². The summed E-state index contributed by atoms with van der Waals surface area (Å²) in [5, 5.41) is 5.39. The van der Waals surface area contributed by atoms with E-state index >= 15 is 0 Å². The average Bonchev–Trinajstić information content (AvgIpc) is 1.58. The number of aromatic amines is 1. The number of hydrogen-bond acceptors (Lipinski definition) is 22. The fourth-order valence-corrected chi connectivity index (χ4v) is 17.9. The van der Waals surface area contributed by atoms with Gasteiger partial charge in [0.2, 0.25) is 11.8 Å². The van der Waals surface area contributed by atoms with Crippen molar-refractivity contribution in [3.05, 3.63) is 153 Å². The third-order valence-corrected chi connectivity index (χ3v) is 26.7. The second kappa shape index (κ2) is 39.3. The van der Waals surface area contributed by atoms with E-state index in [0.29, 0.717) is 65.2 Å². The number of likely N-dealkylation sites (tertiary alicyclic amines) is 4. The van der Waals surface area contributed by atoms with Crippen molar-refractivity contribution >= 4 is 116 Å². The number of halogens is 2. The number of nitrogens with one attached hydrogen (secondary N) is 3. The number of allylic oxidation sites excluding steroid dienone is 3. The lowest BCUT2D eigenvalue weighted by Gasteiger charge is -2.32. The fourth-order valence-electron chi connectivity index (χ4n) is 17.3. The summed E-state index contributed by atoms with van der Waals surface area (Å²) in [5.41, 5.74) is 11.1. The lowest BCUT2D eigenvalue weighted by Crippen LogP contribution is -2.54. The van der Waals surface area contributed by atoms with E-state index in [-0.39, 0.29) is 89.0 Å². The molecule has 0 bridgehead atoms. The highest BCUT2D eigenvalue weighted by Gasteiger charge is 2.64. The van der Waals surface area contributed by atoms with Crippen LogP contribution in [0, 0.1) is 11.8 Å². The summed E-state index contributed by atoms with van der Waals surface area (Å²) in [4.78, 5) is 106. The van der Waals surface area contributed by atoms with Gasteiger partial charge in [0.05, 0.1) is 112 Å². The highest BCUT2D eigenvalue weighted by atomic mass is 79.9. The van der Waals surface area contributed by atoms with Crippen molar-refractivity contribution in [1.29, 1.82) is 0 Å². The molecule has 0 saturated carbocycles. The van der Waals surface area contributed by atoms with Gasteiger partial charge in [0.15, 0.2) is 11.6 Å². The number of nitrogens with zero attached hydrogens (tertiary/aromatic N) is 8. The van der Waals surface area contributed by atoms with E-state index in [9.17, 15) is 28.8 Å². The summed E-state index contributed by atoms with van der Waals surface area (Å²) in [6.45, 7) is 39.0. The zero-order chi connectivity index (χ0) is 92.4. The molecule has 0 aliphatic carbocycles. The molecule has 2 spiro atoms. The average molecular weight is 1890 g/mol. The molecule has 3 N–H and O–H groups in total. The molecule has 11 aliphatic rings. The molecule has 11 aliphatic heterocycles. The molecule has 128 heavy (non-hydrogen) atoms. The molecule has 12 heterocycles. The maximum absolute atomic E-state index is 13.9. The van der Waals surface area contributed by atoms with Crippen LogP contribution in [0.25, 0.3) is 39.1 Å². The predicted octanol–water partition coefficient (Wildman–Crippen LogP) is 17.4. The number of aromatic nitrogens is 2. The van der Waals surface area contributed by atoms with Gasteiger partial charge in [-0.15, -0.1) is 0 Å². The topological polar surface area (TPSA) is 316 Å². The Kier molecular flexibility index (Phi) is 29.7. The highest BCUT2D eigenvalue weighted by Crippen LogP contribution is 2.46. The molecule has 8 fully saturated rings. The molecule has 0 unspecified atom stereocenters. The maximum atomic E-state index is 13.9. The third-order valence-electron chi connectivity index (χ3n) is 25.6. The smallest absolute Gasteiger partial charge is 0.453 e. The SMILES string of the molecule is CC(C)(C)OC(=O)N1CCC[C@H]1C1=NC=C(c2ccc(Br)cc2)C1.CC1(C)OB(B2OC(C)(C)C(C)(C)O2)OC1(C)C.COC(=O)N[C@H](C(=O)N1CC2(C[C@H]1C1=NC=C(c3ccc(-c4ccc(-c5cnc([C@@H]6CCCN6C(=O)OC(C)(C)C)[nH]5)cc4)cc3)C1)OCCO2)C(C)C.COC(=O)N[C@H](C(=O)N1CC2(C[C@H]1C1=NC=C(c3ccc(Br)cc3)C1)OCCO2)C(C)C. The largest absolute Gasteiger partial charge is 0.488 e. The Morgan fingerprint density at radius 2 is 0.781 bits per heavy atom. The van der Waals surface area contributed by atoms with Crippen LogP contribution >= 0.6 is 31.9 Å². The Bertz CT molecular complexity index is 4980. The molecule has 6 atom stereocenters. The van der Waals surface area contributed by atoms with Crippen LogP contribution in [-0.4, -0.2) is 239 Å². The standard InChI is InChI=1S/C41H50N6O7.C23H28BrN3O5.C19H23BrN2O2.C12H24B2O4/c1-25(2)35(45-38(49)51-6)37(48)47-24-41(52-18-19-53-41)21-34(47)31-20-30(22-42-31)28-11-9-26(10-12-28)27-13-15-29(16-14-27)32-23-43-36(44-32)33-8-7-17-46(33)39(50)54-40(3,4)5;1-14(2)20(26-22(29)30-3)21(28)27-13-23(31-8-9-32-23)11-19(27)18-10-16(12-25-18)15-4-6-17(24)7-5-15;1-19(2,3)24-18(23)22-10-4-5-17(22)16-11-14(12-21-16)13-6-8-15(20)9-7-13;1-9(2)10(3,4)16-13(15-9)14-17-11(5,6)12(7,8)18-14/h9-16,22-23,25,33-35H,7-8,17-21,24H2,1-6H3,(H,43,44)(H,45,49);4-7,12,14,19-20H,8-11,13H2,1-3H3,(H,26,29);6-9,12,17H,4-5,10-11H2,1-3H3;1-8H3/t33-,34-,35-;19-,20-;17-;/m000./s1. The van der Waals surface area contributed by atoms with Crippen LogP contribution in [0.1, 0.15) is 211 Å². The first-order valence-corrected chi connectivity index (χ1v) is 46.1. The molecule has 5 aromatic rings. The van der Waals surface area contributed by atoms with E-state index in [2.05, 4.69) is 118 Å². The highest BCUT2D eigenvalue weighted by molar-refractivity contribution is 9.10. The molecular formula is C95H125B2Br2N11O18. The molecule has 6 amide bonds. The molecule has 33 heteroatoms. The first kappa shape index (κ1) is 96.7. The van der Waals surface area contributed by atoms with E-state index in [4.69, 9.17) is 66.5 Å². The van der Waals surface area contributed by atoms with E-state index in [1.165, 1.54) is 25.4 Å². The zero-order valence-corrected chi connectivity index (χ0v) is 80.7. The predicted molar refractivity (Wildman–Crippen MR) is 499 cm³/mol. The second-order valence-corrected chi connectivity index (χ2v) is 40.8. The fraction of sp³-hybridized carbons (Fsp3) is 0.558. The van der Waals surface area contributed by atoms with Crippen LogP contribution < -0.4 is 10.6 Å². The summed E-state index contributed by atoms with van der Waals surface area (Å²) in [6.07, 6.45) is 12.4. The van der Waals surface area contributed by atoms with E-state index in [1.807, 2.05) is 191 Å². The van der Waals surface area contributed by atoms with E-state index in [1.54, 1.807) is 14.7 Å². The number of imidazole rings is 1. The van der Waals surface area contributed by atoms with Crippen LogP contribution in [-0.2, 0) is 66.1 Å². The molecule has 8 saturated heterocycles. The Hall–Kier alpha value is -8.89. The monoisotopic (exact) mass is 1890 g/mol. The lowest BCUT2D eigenvalue weighted by molar-refractivity contribution is -0.153. The number of methoxy groups -OCH3 is 2. The van der Waals surface area contributed by atoms with Crippen molar-refractivity contribution in [1.82, 2.24) is 40.2 Å². The number of alkyl carbamates (subject to hydrolysis) is 2. The quantitative estimate of drug-likeness (QED) is 0.0610. The number of carbonyl (C=O) groups is 6. The number of H-pyrrole nitrogens is 1. The minimum Gasteiger partial charge on any atom is -0.453 e. The number of hydrogen-bond donors (Lipinski definition) is 3. The van der Waals surface area contributed by atoms with Crippen molar-refractivity contribution in [3.8, 4) is 22.4 Å². The normalized spacial score (nSPS) is 23.1. The van der Waals surface area contributed by atoms with E-state index in [0.717, 1.165) is 115 Å². The minimum atomic E-state index is -0.881. The van der Waals surface area contributed by atoms with Crippen LogP contribution in [0.5, 0.6) is 0 Å². The van der Waals surface area contributed by atoms with Gasteiger partial charge in [0.1, 0.15) is 29.1 Å². The number of ether oxygens (including phenoxy) is 8. The van der Waals surface area contributed by atoms with Gasteiger partial charge in [-0.05, 0) is 209 Å². The summed E-state index contributed by atoms with van der Waals surface area (Å²) in [7, 11) is 1.62. The Balaban J connectivity index is 0.000000160. The first-order valence-electron chi connectivity index (χ1n) is 44.5. The Morgan fingerprint density at radius 1 is 0.461 bits per heavy atom. The number of amides is 6. The van der Waals surface area contributed by atoms with Crippen molar-refractivity contribution in [2.75, 3.05) is 66.8 Å². The van der Waals surface area contributed by atoms with Crippen molar-refractivity contribution in [2.24, 2.45) is 26.8 Å². The summed E-state index contributed by atoms with van der Waals surface area (Å²) in [5.74, 6) is -1.62. The summed E-state index contributed by atoms with van der Waals surface area (Å²) < 4.78 is 70.6. The van der Waals surface area contributed by atoms with Gasteiger partial charge in [-0.2, -0.15) is 0 Å². The first-order chi connectivity index (χ1) is 60.4. The van der Waals surface area contributed by atoms with Crippen LogP contribution in [0.2, 0.25) is 0 Å².